The van der Waals surface area contributed by atoms with E-state index in [1.807, 2.05) is 29.8 Å². The van der Waals surface area contributed by atoms with Crippen LogP contribution in [0.1, 0.15) is 32.2 Å². The van der Waals surface area contributed by atoms with E-state index in [0.29, 0.717) is 12.5 Å². The first-order valence-electron chi connectivity index (χ1n) is 8.06. The lowest BCUT2D eigenvalue weighted by atomic mass is 9.92. The van der Waals surface area contributed by atoms with Gasteiger partial charge >= 0.3 is 5.97 Å². The highest BCUT2D eigenvalue weighted by Gasteiger charge is 2.29. The highest BCUT2D eigenvalue weighted by Crippen LogP contribution is 2.31. The van der Waals surface area contributed by atoms with E-state index in [2.05, 4.69) is 21.0 Å². The molecule has 0 amide bonds. The van der Waals surface area contributed by atoms with Crippen LogP contribution in [-0.2, 0) is 14.3 Å². The monoisotopic (exact) mass is 380 g/mol. The second-order valence-electron chi connectivity index (χ2n) is 5.82. The second-order valence-corrected chi connectivity index (χ2v) is 6.68. The molecule has 23 heavy (non-hydrogen) atoms. The molecular weight excluding hydrogens is 360 g/mol. The van der Waals surface area contributed by atoms with Crippen molar-refractivity contribution in [1.29, 1.82) is 0 Å². The van der Waals surface area contributed by atoms with Crippen molar-refractivity contribution in [3.8, 4) is 0 Å². The molecule has 0 bridgehead atoms. The number of halogens is 1. The van der Waals surface area contributed by atoms with Crippen LogP contribution in [0.15, 0.2) is 28.9 Å². The van der Waals surface area contributed by atoms with Gasteiger partial charge in [-0.3, -0.25) is 4.68 Å². The molecule has 1 aromatic carbocycles. The smallest absolute Gasteiger partial charge is 0.330 e. The van der Waals surface area contributed by atoms with Crippen LogP contribution >= 0.6 is 15.9 Å². The molecule has 124 valence electrons. The van der Waals surface area contributed by atoms with Crippen molar-refractivity contribution in [3.05, 3.63) is 28.9 Å². The highest BCUT2D eigenvalue weighted by molar-refractivity contribution is 9.10. The molecule has 0 saturated carbocycles. The van der Waals surface area contributed by atoms with Gasteiger partial charge < -0.3 is 9.47 Å². The molecule has 0 spiro atoms. The van der Waals surface area contributed by atoms with Crippen LogP contribution in [0.25, 0.3) is 10.9 Å². The Morgan fingerprint density at radius 2 is 2.26 bits per heavy atom. The summed E-state index contributed by atoms with van der Waals surface area (Å²) in [5, 5.41) is 5.49. The van der Waals surface area contributed by atoms with Gasteiger partial charge in [-0.1, -0.05) is 22.0 Å². The summed E-state index contributed by atoms with van der Waals surface area (Å²) in [5.41, 5.74) is 0.949. The van der Waals surface area contributed by atoms with Crippen LogP contribution in [0.3, 0.4) is 0 Å². The van der Waals surface area contributed by atoms with Gasteiger partial charge in [0.2, 0.25) is 0 Å². The predicted octanol–water partition coefficient (Wildman–Crippen LogP) is 3.72. The van der Waals surface area contributed by atoms with E-state index in [1.165, 1.54) is 0 Å². The average molecular weight is 381 g/mol. The molecule has 1 aliphatic rings. The molecule has 1 unspecified atom stereocenters. The fourth-order valence-corrected chi connectivity index (χ4v) is 3.57. The van der Waals surface area contributed by atoms with Gasteiger partial charge in [-0.05, 0) is 44.2 Å². The zero-order valence-electron chi connectivity index (χ0n) is 13.2. The van der Waals surface area contributed by atoms with E-state index in [1.54, 1.807) is 6.20 Å². The fraction of sp³-hybridized carbons (Fsp3) is 0.529. The first kappa shape index (κ1) is 16.5. The largest absolute Gasteiger partial charge is 0.464 e. The number of esters is 1. The van der Waals surface area contributed by atoms with Crippen molar-refractivity contribution < 1.29 is 14.3 Å². The van der Waals surface area contributed by atoms with Gasteiger partial charge in [0.25, 0.3) is 0 Å². The summed E-state index contributed by atoms with van der Waals surface area (Å²) in [6.07, 6.45) is 4.51. The Morgan fingerprint density at radius 3 is 3.00 bits per heavy atom. The maximum absolute atomic E-state index is 12.5. The molecule has 2 heterocycles. The normalized spacial score (nSPS) is 17.3. The topological polar surface area (TPSA) is 53.4 Å². The van der Waals surface area contributed by atoms with Crippen molar-refractivity contribution in [3.63, 3.8) is 0 Å². The van der Waals surface area contributed by atoms with Gasteiger partial charge in [-0.25, -0.2) is 4.79 Å². The van der Waals surface area contributed by atoms with Crippen LogP contribution in [0, 0.1) is 5.92 Å². The van der Waals surface area contributed by atoms with Crippen molar-refractivity contribution in [2.45, 2.75) is 32.2 Å². The number of carbonyl (C=O) groups excluding carboxylic acids is 1. The van der Waals surface area contributed by atoms with Crippen molar-refractivity contribution in [2.75, 3.05) is 19.8 Å². The standard InChI is InChI=1S/C17H21BrN2O3/c1-2-23-17(21)16(10-12-6-8-22-9-7-12)20-15-5-3-4-14(18)13(15)11-19-20/h3-5,11-12,16H,2,6-10H2,1H3. The Balaban J connectivity index is 1.92. The summed E-state index contributed by atoms with van der Waals surface area (Å²) in [6, 6.07) is 5.54. The highest BCUT2D eigenvalue weighted by atomic mass is 79.9. The van der Waals surface area contributed by atoms with Crippen LogP contribution in [0.4, 0.5) is 0 Å². The zero-order chi connectivity index (χ0) is 16.2. The number of rotatable bonds is 5. The van der Waals surface area contributed by atoms with Crippen molar-refractivity contribution >= 4 is 32.8 Å². The molecule has 1 aromatic heterocycles. The maximum Gasteiger partial charge on any atom is 0.330 e. The van der Waals surface area contributed by atoms with E-state index in [9.17, 15) is 4.79 Å². The first-order valence-corrected chi connectivity index (χ1v) is 8.86. The summed E-state index contributed by atoms with van der Waals surface area (Å²) < 4.78 is 13.5. The minimum absolute atomic E-state index is 0.205. The molecule has 0 radical (unpaired) electrons. The SMILES string of the molecule is CCOC(=O)C(CC1CCOCC1)n1ncc2c(Br)cccc21. The first-order chi connectivity index (χ1) is 11.2. The third-order valence-corrected chi connectivity index (χ3v) is 5.03. The Kier molecular flexibility index (Phi) is 5.33. The third kappa shape index (κ3) is 3.58. The number of carbonyl (C=O) groups is 1. The van der Waals surface area contributed by atoms with E-state index >= 15 is 0 Å². The van der Waals surface area contributed by atoms with Crippen molar-refractivity contribution in [1.82, 2.24) is 9.78 Å². The summed E-state index contributed by atoms with van der Waals surface area (Å²) in [5.74, 6) is 0.258. The quantitative estimate of drug-likeness (QED) is 0.741. The minimum Gasteiger partial charge on any atom is -0.464 e. The number of ether oxygens (including phenoxy) is 2. The summed E-state index contributed by atoms with van der Waals surface area (Å²) in [4.78, 5) is 12.5. The number of hydrogen-bond donors (Lipinski definition) is 0. The maximum atomic E-state index is 12.5. The van der Waals surface area contributed by atoms with Crippen LogP contribution in [0.5, 0.6) is 0 Å². The van der Waals surface area contributed by atoms with Gasteiger partial charge in [0.1, 0.15) is 6.04 Å². The predicted molar refractivity (Wildman–Crippen MR) is 91.3 cm³/mol. The lowest BCUT2D eigenvalue weighted by molar-refractivity contribution is -0.148. The number of benzene rings is 1. The molecule has 1 atom stereocenters. The van der Waals surface area contributed by atoms with E-state index in [4.69, 9.17) is 9.47 Å². The lowest BCUT2D eigenvalue weighted by Gasteiger charge is -2.26. The molecule has 1 saturated heterocycles. The number of nitrogens with zero attached hydrogens (tertiary/aromatic N) is 2. The van der Waals surface area contributed by atoms with E-state index < -0.39 is 0 Å². The van der Waals surface area contributed by atoms with Gasteiger partial charge in [-0.15, -0.1) is 0 Å². The Hall–Kier alpha value is -1.40. The molecule has 0 aliphatic carbocycles. The van der Waals surface area contributed by atoms with Gasteiger partial charge in [0, 0.05) is 23.1 Å². The number of fused-ring (bicyclic) bond motifs is 1. The molecular formula is C17H21BrN2O3. The molecule has 2 aromatic rings. The summed E-state index contributed by atoms with van der Waals surface area (Å²) in [6.45, 7) is 3.75. The molecule has 3 rings (SSSR count). The van der Waals surface area contributed by atoms with E-state index in [-0.39, 0.29) is 12.0 Å². The van der Waals surface area contributed by atoms with Gasteiger partial charge in [0.05, 0.1) is 18.3 Å². The number of hydrogen-bond acceptors (Lipinski definition) is 4. The minimum atomic E-state index is -0.384. The molecule has 6 heteroatoms. The third-order valence-electron chi connectivity index (χ3n) is 4.34. The van der Waals surface area contributed by atoms with Gasteiger partial charge in [0.15, 0.2) is 0 Å². The second kappa shape index (κ2) is 7.45. The Bertz CT molecular complexity index is 680. The Labute approximate surface area is 144 Å². The summed E-state index contributed by atoms with van der Waals surface area (Å²) >= 11 is 3.54. The van der Waals surface area contributed by atoms with Crippen molar-refractivity contribution in [2.24, 2.45) is 5.92 Å². The number of aromatic nitrogens is 2. The average Bonchev–Trinajstić information content (AvgIpc) is 2.99. The van der Waals surface area contributed by atoms with Crippen LogP contribution in [-0.4, -0.2) is 35.6 Å². The van der Waals surface area contributed by atoms with Crippen LogP contribution in [0.2, 0.25) is 0 Å². The van der Waals surface area contributed by atoms with E-state index in [0.717, 1.165) is 47.9 Å². The molecule has 1 fully saturated rings. The zero-order valence-corrected chi connectivity index (χ0v) is 14.8. The lowest BCUT2D eigenvalue weighted by Crippen LogP contribution is -2.27. The Morgan fingerprint density at radius 1 is 1.48 bits per heavy atom. The van der Waals surface area contributed by atoms with Crippen LogP contribution < -0.4 is 0 Å². The summed E-state index contributed by atoms with van der Waals surface area (Å²) in [7, 11) is 0. The molecule has 5 nitrogen and oxygen atoms in total. The molecule has 1 aliphatic heterocycles. The van der Waals surface area contributed by atoms with Gasteiger partial charge in [-0.2, -0.15) is 5.10 Å². The molecule has 0 N–H and O–H groups in total. The fourth-order valence-electron chi connectivity index (χ4n) is 3.12.